The number of nitrogens with one attached hydrogen (secondary N) is 1. The van der Waals surface area contributed by atoms with Crippen LogP contribution in [0.4, 0.5) is 13.2 Å². The maximum atomic E-state index is 15.6. The summed E-state index contributed by atoms with van der Waals surface area (Å²) in [6.07, 6.45) is 1.27. The SMILES string of the molecule is CCS(=O)(=O)N[C@@H]1[C@H]2C[C@H]2N(C(=O)[C@@]2(C)CCO2)[C@@H]1Cc1cccc(-c2cc(F)cc(F)c2)c1F. The molecular formula is C25H27F3N2O4S. The van der Waals surface area contributed by atoms with Crippen LogP contribution in [0.5, 0.6) is 0 Å². The van der Waals surface area contributed by atoms with Gasteiger partial charge in [0.05, 0.1) is 18.4 Å². The molecule has 5 rings (SSSR count). The van der Waals surface area contributed by atoms with Crippen LogP contribution in [0.3, 0.4) is 0 Å². The largest absolute Gasteiger partial charge is 0.365 e. The van der Waals surface area contributed by atoms with Crippen molar-refractivity contribution in [2.45, 2.75) is 56.8 Å². The Bertz CT molecular complexity index is 1260. The van der Waals surface area contributed by atoms with Gasteiger partial charge in [0.1, 0.15) is 23.1 Å². The average Bonchev–Trinajstić information content (AvgIpc) is 3.50. The van der Waals surface area contributed by atoms with Gasteiger partial charge in [-0.25, -0.2) is 26.3 Å². The number of piperidine rings is 1. The van der Waals surface area contributed by atoms with Crippen molar-refractivity contribution in [1.29, 1.82) is 0 Å². The smallest absolute Gasteiger partial charge is 0.255 e. The van der Waals surface area contributed by atoms with E-state index in [4.69, 9.17) is 4.74 Å². The molecule has 3 fully saturated rings. The van der Waals surface area contributed by atoms with Gasteiger partial charge in [-0.2, -0.15) is 0 Å². The Hall–Kier alpha value is -2.43. The summed E-state index contributed by atoms with van der Waals surface area (Å²) in [4.78, 5) is 15.1. The van der Waals surface area contributed by atoms with Crippen molar-refractivity contribution in [3.63, 3.8) is 0 Å². The van der Waals surface area contributed by atoms with E-state index in [2.05, 4.69) is 4.72 Å². The zero-order valence-electron chi connectivity index (χ0n) is 19.4. The Morgan fingerprint density at radius 2 is 1.89 bits per heavy atom. The third kappa shape index (κ3) is 4.36. The van der Waals surface area contributed by atoms with Crippen molar-refractivity contribution in [3.8, 4) is 11.1 Å². The molecule has 0 radical (unpaired) electrons. The molecular weight excluding hydrogens is 481 g/mol. The van der Waals surface area contributed by atoms with Crippen molar-refractivity contribution < 1.29 is 31.1 Å². The fourth-order valence-corrected chi connectivity index (χ4v) is 6.25. The molecule has 1 aliphatic carbocycles. The second kappa shape index (κ2) is 8.60. The number of nitrogens with zero attached hydrogens (tertiary/aromatic N) is 1. The molecule has 1 amide bonds. The summed E-state index contributed by atoms with van der Waals surface area (Å²) < 4.78 is 76.4. The number of likely N-dealkylation sites (tertiary alicyclic amines) is 1. The molecule has 2 aliphatic heterocycles. The van der Waals surface area contributed by atoms with Gasteiger partial charge >= 0.3 is 0 Å². The summed E-state index contributed by atoms with van der Waals surface area (Å²) in [7, 11) is -3.58. The van der Waals surface area contributed by atoms with Gasteiger partial charge in [-0.15, -0.1) is 0 Å². The molecule has 3 aliphatic rings. The molecule has 10 heteroatoms. The van der Waals surface area contributed by atoms with Gasteiger partial charge < -0.3 is 9.64 Å². The first kappa shape index (κ1) is 24.3. The van der Waals surface area contributed by atoms with E-state index in [1.807, 2.05) is 0 Å². The minimum Gasteiger partial charge on any atom is -0.365 e. The third-order valence-corrected chi connectivity index (χ3v) is 8.85. The van der Waals surface area contributed by atoms with Gasteiger partial charge in [-0.1, -0.05) is 18.2 Å². The number of sulfonamides is 1. The van der Waals surface area contributed by atoms with E-state index < -0.39 is 45.2 Å². The predicted octanol–water partition coefficient (Wildman–Crippen LogP) is 3.40. The van der Waals surface area contributed by atoms with Crippen LogP contribution in [-0.4, -0.2) is 55.3 Å². The van der Waals surface area contributed by atoms with Gasteiger partial charge in [0.2, 0.25) is 10.0 Å². The maximum absolute atomic E-state index is 15.6. The van der Waals surface area contributed by atoms with Gasteiger partial charge in [0.25, 0.3) is 5.91 Å². The van der Waals surface area contributed by atoms with Crippen LogP contribution in [-0.2, 0) is 26.0 Å². The minimum absolute atomic E-state index is 0.0295. The minimum atomic E-state index is -3.58. The quantitative estimate of drug-likeness (QED) is 0.622. The van der Waals surface area contributed by atoms with E-state index in [0.717, 1.165) is 12.1 Å². The fraction of sp³-hybridized carbons (Fsp3) is 0.480. The number of ether oxygens (including phenoxy) is 1. The Kier molecular flexibility index (Phi) is 5.96. The first-order chi connectivity index (χ1) is 16.5. The monoisotopic (exact) mass is 508 g/mol. The number of carbonyl (C=O) groups excluding carboxylic acids is 1. The fourth-order valence-electron chi connectivity index (χ4n) is 5.34. The second-order valence-corrected chi connectivity index (χ2v) is 11.8. The van der Waals surface area contributed by atoms with Gasteiger partial charge in [-0.05, 0) is 55.9 Å². The average molecular weight is 509 g/mol. The molecule has 0 spiro atoms. The summed E-state index contributed by atoms with van der Waals surface area (Å²) in [6.45, 7) is 3.72. The number of rotatable bonds is 7. The lowest BCUT2D eigenvalue weighted by Gasteiger charge is -2.43. The topological polar surface area (TPSA) is 75.7 Å². The zero-order valence-corrected chi connectivity index (χ0v) is 20.2. The van der Waals surface area contributed by atoms with Crippen molar-refractivity contribution in [3.05, 3.63) is 59.4 Å². The van der Waals surface area contributed by atoms with Crippen LogP contribution in [0.25, 0.3) is 11.1 Å². The van der Waals surface area contributed by atoms with Crippen molar-refractivity contribution in [2.75, 3.05) is 12.4 Å². The van der Waals surface area contributed by atoms with Crippen molar-refractivity contribution >= 4 is 15.9 Å². The molecule has 2 aromatic carbocycles. The third-order valence-electron chi connectivity index (χ3n) is 7.46. The highest BCUT2D eigenvalue weighted by molar-refractivity contribution is 7.89. The molecule has 1 N–H and O–H groups in total. The second-order valence-electron chi connectivity index (χ2n) is 9.76. The zero-order chi connectivity index (χ0) is 25.1. The lowest BCUT2D eigenvalue weighted by atomic mass is 9.91. The highest BCUT2D eigenvalue weighted by Crippen LogP contribution is 2.51. The molecule has 0 unspecified atom stereocenters. The van der Waals surface area contributed by atoms with Gasteiger partial charge in [0, 0.05) is 30.1 Å². The number of amides is 1. The molecule has 6 nitrogen and oxygen atoms in total. The van der Waals surface area contributed by atoms with E-state index in [0.29, 0.717) is 25.5 Å². The molecule has 188 valence electrons. The van der Waals surface area contributed by atoms with Crippen LogP contribution >= 0.6 is 0 Å². The summed E-state index contributed by atoms with van der Waals surface area (Å²) in [5.74, 6) is -2.69. The molecule has 35 heavy (non-hydrogen) atoms. The van der Waals surface area contributed by atoms with E-state index in [1.165, 1.54) is 13.0 Å². The number of benzene rings is 2. The number of carbonyl (C=O) groups is 1. The molecule has 0 aromatic heterocycles. The Morgan fingerprint density at radius 1 is 1.20 bits per heavy atom. The van der Waals surface area contributed by atoms with Crippen LogP contribution in [0.2, 0.25) is 0 Å². The number of fused-ring (bicyclic) bond motifs is 1. The number of halogens is 3. The van der Waals surface area contributed by atoms with Gasteiger partial charge in [-0.3, -0.25) is 4.79 Å². The molecule has 2 aromatic rings. The first-order valence-electron chi connectivity index (χ1n) is 11.7. The summed E-state index contributed by atoms with van der Waals surface area (Å²) in [5, 5.41) is 0. The number of hydrogen-bond donors (Lipinski definition) is 1. The van der Waals surface area contributed by atoms with Crippen LogP contribution < -0.4 is 4.72 Å². The molecule has 2 saturated heterocycles. The van der Waals surface area contributed by atoms with E-state index in [1.54, 1.807) is 24.0 Å². The highest BCUT2D eigenvalue weighted by Gasteiger charge is 2.63. The summed E-state index contributed by atoms with van der Waals surface area (Å²) in [5.41, 5.74) is -0.648. The standard InChI is InChI=1S/C25H27F3N2O4S/c1-3-35(32,33)29-23-19-13-20(19)30(24(31)25(2)7-8-34-25)21(23)11-14-5-4-6-18(22(14)28)15-9-16(26)12-17(27)10-15/h4-6,9-10,12,19-21,23,29H,3,7-8,11,13H2,1-2H3/t19-,20+,21+,23+,25+/m0/s1. The first-order valence-corrected chi connectivity index (χ1v) is 13.4. The van der Waals surface area contributed by atoms with E-state index >= 15 is 4.39 Å². The Morgan fingerprint density at radius 3 is 2.49 bits per heavy atom. The van der Waals surface area contributed by atoms with Gasteiger partial charge in [0.15, 0.2) is 0 Å². The lowest BCUT2D eigenvalue weighted by Crippen LogP contribution is -2.60. The Labute approximate surface area is 202 Å². The summed E-state index contributed by atoms with van der Waals surface area (Å²) in [6, 6.07) is 6.07. The van der Waals surface area contributed by atoms with E-state index in [9.17, 15) is 22.0 Å². The van der Waals surface area contributed by atoms with Crippen LogP contribution in [0.15, 0.2) is 36.4 Å². The van der Waals surface area contributed by atoms with E-state index in [-0.39, 0.29) is 46.7 Å². The molecule has 1 saturated carbocycles. The van der Waals surface area contributed by atoms with Crippen LogP contribution in [0.1, 0.15) is 32.3 Å². The van der Waals surface area contributed by atoms with Crippen molar-refractivity contribution in [2.24, 2.45) is 5.92 Å². The highest BCUT2D eigenvalue weighted by atomic mass is 32.2. The molecule has 0 bridgehead atoms. The normalized spacial score (nSPS) is 29.6. The number of hydrogen-bond acceptors (Lipinski definition) is 4. The predicted molar refractivity (Wildman–Crippen MR) is 123 cm³/mol. The molecule has 5 atom stereocenters. The summed E-state index contributed by atoms with van der Waals surface area (Å²) >= 11 is 0. The molecule has 2 heterocycles. The lowest BCUT2D eigenvalue weighted by molar-refractivity contribution is -0.183. The van der Waals surface area contributed by atoms with Crippen molar-refractivity contribution in [1.82, 2.24) is 9.62 Å². The maximum Gasteiger partial charge on any atom is 0.255 e. The Balaban J connectivity index is 1.51. The van der Waals surface area contributed by atoms with Crippen LogP contribution in [0, 0.1) is 23.4 Å².